The number of fused-ring (bicyclic) bond motifs is 3. The molecule has 1 aromatic carbocycles. The van der Waals surface area contributed by atoms with Crippen molar-refractivity contribution in [2.75, 3.05) is 31.1 Å². The van der Waals surface area contributed by atoms with Gasteiger partial charge in [0.1, 0.15) is 16.5 Å². The van der Waals surface area contributed by atoms with Crippen molar-refractivity contribution < 1.29 is 8.42 Å². The van der Waals surface area contributed by atoms with Gasteiger partial charge in [0.15, 0.2) is 0 Å². The zero-order chi connectivity index (χ0) is 21.9. The van der Waals surface area contributed by atoms with Crippen LogP contribution in [0.15, 0.2) is 29.2 Å². The fourth-order valence-corrected chi connectivity index (χ4v) is 7.61. The molecule has 0 radical (unpaired) electrons. The average molecular weight is 489 g/mol. The zero-order valence-corrected chi connectivity index (χ0v) is 20.1. The van der Waals surface area contributed by atoms with Gasteiger partial charge in [-0.3, -0.25) is 0 Å². The van der Waals surface area contributed by atoms with Crippen LogP contribution in [0.1, 0.15) is 47.9 Å². The van der Waals surface area contributed by atoms with Crippen molar-refractivity contribution in [2.24, 2.45) is 0 Å². The molecule has 3 heterocycles. The Hall–Kier alpha value is -1.74. The molecule has 1 aliphatic heterocycles. The molecule has 0 spiro atoms. The van der Waals surface area contributed by atoms with E-state index in [2.05, 4.69) is 4.90 Å². The standard InChI is InChI=1S/C23H25ClN4O2S2/c24-16-7-9-17(10-8-16)32(29,30)28-13-11-27(12-14-28)22-20-18-3-1-2-4-19(18)31-23(20)26-21(25-22)15-5-6-15/h7-10,15H,1-6,11-14H2. The Kier molecular flexibility index (Phi) is 5.17. The zero-order valence-electron chi connectivity index (χ0n) is 17.8. The number of hydrogen-bond acceptors (Lipinski definition) is 6. The number of sulfonamides is 1. The van der Waals surface area contributed by atoms with Crippen LogP contribution in [0.3, 0.4) is 0 Å². The topological polar surface area (TPSA) is 66.4 Å². The first-order chi connectivity index (χ1) is 15.5. The molecule has 2 aromatic heterocycles. The molecule has 32 heavy (non-hydrogen) atoms. The molecule has 2 aliphatic carbocycles. The van der Waals surface area contributed by atoms with Crippen LogP contribution < -0.4 is 4.90 Å². The molecule has 6 rings (SSSR count). The first kappa shape index (κ1) is 20.8. The highest BCUT2D eigenvalue weighted by Crippen LogP contribution is 2.44. The van der Waals surface area contributed by atoms with Crippen LogP contribution >= 0.6 is 22.9 Å². The maximum Gasteiger partial charge on any atom is 0.243 e. The number of thiophene rings is 1. The number of benzene rings is 1. The molecule has 0 N–H and O–H groups in total. The Morgan fingerprint density at radius 3 is 2.41 bits per heavy atom. The van der Waals surface area contributed by atoms with E-state index in [0.29, 0.717) is 42.0 Å². The van der Waals surface area contributed by atoms with E-state index in [0.717, 1.165) is 29.3 Å². The van der Waals surface area contributed by atoms with Crippen LogP contribution in [0.25, 0.3) is 10.2 Å². The molecule has 2 fully saturated rings. The van der Waals surface area contributed by atoms with Gasteiger partial charge in [0.05, 0.1) is 10.3 Å². The van der Waals surface area contributed by atoms with Crippen molar-refractivity contribution in [1.29, 1.82) is 0 Å². The number of piperazine rings is 1. The minimum atomic E-state index is -3.52. The lowest BCUT2D eigenvalue weighted by Gasteiger charge is -2.35. The molecule has 1 saturated carbocycles. The maximum atomic E-state index is 13.1. The van der Waals surface area contributed by atoms with E-state index in [-0.39, 0.29) is 0 Å². The van der Waals surface area contributed by atoms with E-state index in [9.17, 15) is 8.42 Å². The number of halogens is 1. The summed E-state index contributed by atoms with van der Waals surface area (Å²) < 4.78 is 27.8. The smallest absolute Gasteiger partial charge is 0.243 e. The number of nitrogens with zero attached hydrogens (tertiary/aromatic N) is 4. The summed E-state index contributed by atoms with van der Waals surface area (Å²) in [5.74, 6) is 2.49. The maximum absolute atomic E-state index is 13.1. The van der Waals surface area contributed by atoms with Gasteiger partial charge in [-0.2, -0.15) is 4.31 Å². The van der Waals surface area contributed by atoms with Gasteiger partial charge >= 0.3 is 0 Å². The van der Waals surface area contributed by atoms with Crippen LogP contribution in [0.2, 0.25) is 5.02 Å². The Balaban J connectivity index is 1.31. The molecular formula is C23H25ClN4O2S2. The minimum Gasteiger partial charge on any atom is -0.353 e. The summed E-state index contributed by atoms with van der Waals surface area (Å²) in [7, 11) is -3.52. The van der Waals surface area contributed by atoms with Crippen molar-refractivity contribution in [1.82, 2.24) is 14.3 Å². The Labute approximate surface area is 197 Å². The SMILES string of the molecule is O=S(=O)(c1ccc(Cl)cc1)N1CCN(c2nc(C3CC3)nc3sc4c(c23)CCCC4)CC1. The second-order valence-electron chi connectivity index (χ2n) is 8.92. The van der Waals surface area contributed by atoms with Crippen LogP contribution in [0, 0.1) is 0 Å². The normalized spacial score (nSPS) is 20.0. The summed E-state index contributed by atoms with van der Waals surface area (Å²) in [4.78, 5) is 15.2. The summed E-state index contributed by atoms with van der Waals surface area (Å²) in [6.45, 7) is 2.16. The summed E-state index contributed by atoms with van der Waals surface area (Å²) in [5.41, 5.74) is 1.44. The first-order valence-electron chi connectivity index (χ1n) is 11.3. The summed E-state index contributed by atoms with van der Waals surface area (Å²) in [5, 5.41) is 1.76. The molecule has 3 aliphatic rings. The number of rotatable bonds is 4. The van der Waals surface area contributed by atoms with E-state index in [1.165, 1.54) is 41.5 Å². The van der Waals surface area contributed by atoms with Gasteiger partial charge in [-0.15, -0.1) is 11.3 Å². The van der Waals surface area contributed by atoms with Crippen LogP contribution in [-0.2, 0) is 22.9 Å². The fourth-order valence-electron chi connectivity index (χ4n) is 4.80. The summed E-state index contributed by atoms with van der Waals surface area (Å²) in [6, 6.07) is 6.41. The van der Waals surface area contributed by atoms with Gasteiger partial charge in [0.25, 0.3) is 0 Å². The third-order valence-corrected chi connectivity index (χ3v) is 10.1. The van der Waals surface area contributed by atoms with Gasteiger partial charge in [0, 0.05) is 42.0 Å². The molecule has 9 heteroatoms. The minimum absolute atomic E-state index is 0.294. The predicted molar refractivity (Wildman–Crippen MR) is 128 cm³/mol. The van der Waals surface area contributed by atoms with E-state index < -0.39 is 10.0 Å². The number of aryl methyl sites for hydroxylation is 2. The van der Waals surface area contributed by atoms with Crippen molar-refractivity contribution in [3.8, 4) is 0 Å². The van der Waals surface area contributed by atoms with Crippen LogP contribution in [-0.4, -0.2) is 48.9 Å². The molecular weight excluding hydrogens is 464 g/mol. The molecule has 6 nitrogen and oxygen atoms in total. The lowest BCUT2D eigenvalue weighted by molar-refractivity contribution is 0.384. The van der Waals surface area contributed by atoms with Crippen LogP contribution in [0.4, 0.5) is 5.82 Å². The van der Waals surface area contributed by atoms with Gasteiger partial charge < -0.3 is 4.90 Å². The highest BCUT2D eigenvalue weighted by Gasteiger charge is 2.33. The highest BCUT2D eigenvalue weighted by atomic mass is 35.5. The third-order valence-electron chi connectivity index (χ3n) is 6.74. The second-order valence-corrected chi connectivity index (χ2v) is 12.4. The number of aromatic nitrogens is 2. The lowest BCUT2D eigenvalue weighted by atomic mass is 9.97. The summed E-state index contributed by atoms with van der Waals surface area (Å²) in [6.07, 6.45) is 7.04. The molecule has 0 amide bonds. The predicted octanol–water partition coefficient (Wildman–Crippen LogP) is 4.61. The molecule has 0 atom stereocenters. The largest absolute Gasteiger partial charge is 0.353 e. The third kappa shape index (κ3) is 3.61. The summed E-state index contributed by atoms with van der Waals surface area (Å²) >= 11 is 7.78. The fraction of sp³-hybridized carbons (Fsp3) is 0.478. The second kappa shape index (κ2) is 7.94. The lowest BCUT2D eigenvalue weighted by Crippen LogP contribution is -2.49. The van der Waals surface area contributed by atoms with Gasteiger partial charge in [-0.05, 0) is 68.4 Å². The van der Waals surface area contributed by atoms with Crippen molar-refractivity contribution in [3.63, 3.8) is 0 Å². The Morgan fingerprint density at radius 1 is 0.969 bits per heavy atom. The molecule has 168 valence electrons. The van der Waals surface area contributed by atoms with Crippen LogP contribution in [0.5, 0.6) is 0 Å². The highest BCUT2D eigenvalue weighted by molar-refractivity contribution is 7.89. The quantitative estimate of drug-likeness (QED) is 0.536. The number of anilines is 1. The van der Waals surface area contributed by atoms with Crippen molar-refractivity contribution in [3.05, 3.63) is 45.6 Å². The van der Waals surface area contributed by atoms with Crippen molar-refractivity contribution in [2.45, 2.75) is 49.3 Å². The van der Waals surface area contributed by atoms with Gasteiger partial charge in [-0.1, -0.05) is 11.6 Å². The van der Waals surface area contributed by atoms with E-state index in [4.69, 9.17) is 21.6 Å². The van der Waals surface area contributed by atoms with E-state index in [1.807, 2.05) is 11.3 Å². The van der Waals surface area contributed by atoms with E-state index >= 15 is 0 Å². The van der Waals surface area contributed by atoms with Gasteiger partial charge in [-0.25, -0.2) is 18.4 Å². The van der Waals surface area contributed by atoms with E-state index in [1.54, 1.807) is 28.6 Å². The first-order valence-corrected chi connectivity index (χ1v) is 14.0. The molecule has 0 bridgehead atoms. The Morgan fingerprint density at radius 2 is 1.69 bits per heavy atom. The molecule has 3 aromatic rings. The average Bonchev–Trinajstić information content (AvgIpc) is 3.59. The van der Waals surface area contributed by atoms with Gasteiger partial charge in [0.2, 0.25) is 10.0 Å². The number of hydrogen-bond donors (Lipinski definition) is 0. The molecule has 1 saturated heterocycles. The molecule has 0 unspecified atom stereocenters. The Bertz CT molecular complexity index is 1280. The van der Waals surface area contributed by atoms with Crippen molar-refractivity contribution >= 4 is 49.0 Å². The monoisotopic (exact) mass is 488 g/mol.